The van der Waals surface area contributed by atoms with Crippen LogP contribution in [0.15, 0.2) is 4.99 Å². The van der Waals surface area contributed by atoms with Gasteiger partial charge in [-0.15, -0.1) is 0 Å². The Balaban J connectivity index is 3.76. The Morgan fingerprint density at radius 2 is 1.79 bits per heavy atom. The smallest absolute Gasteiger partial charge is 0.320 e. The minimum atomic E-state index is -1.10. The molecule has 0 saturated carbocycles. The fraction of sp³-hybridized carbons (Fsp3) is 0.700. The van der Waals surface area contributed by atoms with Crippen molar-refractivity contribution in [2.24, 2.45) is 27.9 Å². The van der Waals surface area contributed by atoms with Crippen molar-refractivity contribution in [2.75, 3.05) is 13.1 Å². The van der Waals surface area contributed by atoms with E-state index in [0.29, 0.717) is 19.4 Å². The second kappa shape index (κ2) is 9.11. The third kappa shape index (κ3) is 8.80. The van der Waals surface area contributed by atoms with Crippen molar-refractivity contribution in [2.45, 2.75) is 31.3 Å². The molecule has 0 unspecified atom stereocenters. The van der Waals surface area contributed by atoms with Gasteiger partial charge in [0.2, 0.25) is 5.91 Å². The Morgan fingerprint density at radius 1 is 1.16 bits per heavy atom. The zero-order chi connectivity index (χ0) is 14.8. The number of carbonyl (C=O) groups excluding carboxylic acids is 1. The van der Waals surface area contributed by atoms with Gasteiger partial charge in [0.15, 0.2) is 5.96 Å². The fourth-order valence-electron chi connectivity index (χ4n) is 1.26. The Bertz CT molecular complexity index is 329. The summed E-state index contributed by atoms with van der Waals surface area (Å²) >= 11 is 0. The van der Waals surface area contributed by atoms with Crippen LogP contribution in [0, 0.1) is 0 Å². The van der Waals surface area contributed by atoms with E-state index in [0.717, 1.165) is 0 Å². The van der Waals surface area contributed by atoms with Gasteiger partial charge in [0, 0.05) is 13.1 Å². The predicted molar refractivity (Wildman–Crippen MR) is 71.1 cm³/mol. The molecule has 10 N–H and O–H groups in total. The number of nitrogens with zero attached hydrogens (tertiary/aromatic N) is 1. The topological polar surface area (TPSA) is 183 Å². The summed E-state index contributed by atoms with van der Waals surface area (Å²) in [6.07, 6.45) is 1.18. The average molecular weight is 274 g/mol. The van der Waals surface area contributed by atoms with Gasteiger partial charge in [-0.05, 0) is 19.3 Å². The molecule has 9 heteroatoms. The number of aliphatic carboxylic acids is 1. The molecule has 0 aliphatic heterocycles. The highest BCUT2D eigenvalue weighted by molar-refractivity contribution is 5.81. The summed E-state index contributed by atoms with van der Waals surface area (Å²) in [6, 6.07) is -1.66. The third-order valence-corrected chi connectivity index (χ3v) is 2.38. The summed E-state index contributed by atoms with van der Waals surface area (Å²) < 4.78 is 0. The first-order valence-electron chi connectivity index (χ1n) is 5.91. The Kier molecular flexibility index (Phi) is 8.22. The number of hydrogen-bond acceptors (Lipinski definition) is 5. The molecule has 0 rings (SSSR count). The highest BCUT2D eigenvalue weighted by Gasteiger charge is 2.14. The Morgan fingerprint density at radius 3 is 2.32 bits per heavy atom. The number of carbonyl (C=O) groups is 2. The van der Waals surface area contributed by atoms with Crippen LogP contribution in [0.25, 0.3) is 0 Å². The molecule has 0 aromatic rings. The molecule has 0 radical (unpaired) electrons. The standard InChI is InChI=1S/C10H22N6O3/c11-6(2-1-4-16-10(13)14)8(17)15-5-3-7(12)9(18)19/h6-7H,1-5,11-12H2,(H,15,17)(H,18,19)(H4,13,14,16)/t6-,7-/m0/s1. The van der Waals surface area contributed by atoms with Gasteiger partial charge in [0.05, 0.1) is 6.04 Å². The monoisotopic (exact) mass is 274 g/mol. The molecule has 0 bridgehead atoms. The maximum absolute atomic E-state index is 11.5. The Labute approximate surface area is 111 Å². The number of amides is 1. The summed E-state index contributed by atoms with van der Waals surface area (Å²) in [5, 5.41) is 11.1. The minimum absolute atomic E-state index is 0.000631. The second-order valence-corrected chi connectivity index (χ2v) is 4.08. The van der Waals surface area contributed by atoms with Crippen LogP contribution in [0.1, 0.15) is 19.3 Å². The molecule has 0 aromatic heterocycles. The van der Waals surface area contributed by atoms with Crippen LogP contribution in [0.2, 0.25) is 0 Å². The van der Waals surface area contributed by atoms with E-state index in [9.17, 15) is 9.59 Å². The van der Waals surface area contributed by atoms with Gasteiger partial charge in [0.1, 0.15) is 6.04 Å². The quantitative estimate of drug-likeness (QED) is 0.150. The summed E-state index contributed by atoms with van der Waals surface area (Å²) in [6.45, 7) is 0.584. The van der Waals surface area contributed by atoms with E-state index < -0.39 is 18.1 Å². The van der Waals surface area contributed by atoms with Crippen molar-refractivity contribution in [3.8, 4) is 0 Å². The first-order valence-corrected chi connectivity index (χ1v) is 5.91. The SMILES string of the molecule is NC(N)=NCCC[C@H](N)C(=O)NCC[C@H](N)C(=O)O. The van der Waals surface area contributed by atoms with E-state index in [-0.39, 0.29) is 24.8 Å². The van der Waals surface area contributed by atoms with Crippen LogP contribution in [-0.4, -0.2) is 48.1 Å². The summed E-state index contributed by atoms with van der Waals surface area (Å²) in [7, 11) is 0. The predicted octanol–water partition coefficient (Wildman–Crippen LogP) is -2.71. The number of guanidine groups is 1. The molecule has 2 atom stereocenters. The number of rotatable bonds is 9. The summed E-state index contributed by atoms with van der Waals surface area (Å²) in [5.74, 6) is -1.45. The molecular formula is C10H22N6O3. The summed E-state index contributed by atoms with van der Waals surface area (Å²) in [4.78, 5) is 25.7. The number of hydrogen-bond donors (Lipinski definition) is 6. The van der Waals surface area contributed by atoms with E-state index >= 15 is 0 Å². The molecule has 0 aliphatic carbocycles. The van der Waals surface area contributed by atoms with Gasteiger partial charge in [-0.1, -0.05) is 0 Å². The van der Waals surface area contributed by atoms with Crippen LogP contribution in [-0.2, 0) is 9.59 Å². The molecule has 0 spiro atoms. The first kappa shape index (κ1) is 17.1. The van der Waals surface area contributed by atoms with Crippen LogP contribution >= 0.6 is 0 Å². The maximum Gasteiger partial charge on any atom is 0.320 e. The minimum Gasteiger partial charge on any atom is -0.480 e. The van der Waals surface area contributed by atoms with Crippen molar-refractivity contribution in [3.63, 3.8) is 0 Å². The van der Waals surface area contributed by atoms with Gasteiger partial charge < -0.3 is 33.4 Å². The number of nitrogens with two attached hydrogens (primary N) is 4. The summed E-state index contributed by atoms with van der Waals surface area (Å²) in [5.41, 5.74) is 21.2. The lowest BCUT2D eigenvalue weighted by molar-refractivity contribution is -0.138. The molecule has 0 saturated heterocycles. The van der Waals surface area contributed by atoms with Crippen LogP contribution in [0.4, 0.5) is 0 Å². The molecule has 0 heterocycles. The highest BCUT2D eigenvalue weighted by atomic mass is 16.4. The van der Waals surface area contributed by atoms with Crippen LogP contribution in [0.5, 0.6) is 0 Å². The average Bonchev–Trinajstić information content (AvgIpc) is 2.33. The number of carboxylic acid groups (broad SMARTS) is 1. The highest BCUT2D eigenvalue weighted by Crippen LogP contribution is 1.96. The molecule has 9 nitrogen and oxygen atoms in total. The van der Waals surface area contributed by atoms with Crippen LogP contribution < -0.4 is 28.3 Å². The fourth-order valence-corrected chi connectivity index (χ4v) is 1.26. The molecule has 1 amide bonds. The van der Waals surface area contributed by atoms with Crippen molar-refractivity contribution >= 4 is 17.8 Å². The third-order valence-electron chi connectivity index (χ3n) is 2.38. The van der Waals surface area contributed by atoms with E-state index in [1.165, 1.54) is 0 Å². The first-order chi connectivity index (χ1) is 8.84. The van der Waals surface area contributed by atoms with Crippen molar-refractivity contribution in [1.82, 2.24) is 5.32 Å². The molecule has 0 aliphatic rings. The Hall–Kier alpha value is -1.87. The lowest BCUT2D eigenvalue weighted by Crippen LogP contribution is -2.43. The van der Waals surface area contributed by atoms with Crippen molar-refractivity contribution < 1.29 is 14.7 Å². The molecule has 0 aromatic carbocycles. The van der Waals surface area contributed by atoms with E-state index in [2.05, 4.69) is 10.3 Å². The van der Waals surface area contributed by atoms with E-state index in [4.69, 9.17) is 28.0 Å². The molecule has 0 fully saturated rings. The largest absolute Gasteiger partial charge is 0.480 e. The van der Waals surface area contributed by atoms with Gasteiger partial charge in [0.25, 0.3) is 0 Å². The number of aliphatic imine (C=N–C) groups is 1. The zero-order valence-corrected chi connectivity index (χ0v) is 10.7. The molecular weight excluding hydrogens is 252 g/mol. The van der Waals surface area contributed by atoms with Gasteiger partial charge in [-0.25, -0.2) is 0 Å². The normalized spacial score (nSPS) is 13.4. The maximum atomic E-state index is 11.5. The van der Waals surface area contributed by atoms with Crippen LogP contribution in [0.3, 0.4) is 0 Å². The molecule has 19 heavy (non-hydrogen) atoms. The number of nitrogens with one attached hydrogen (secondary N) is 1. The zero-order valence-electron chi connectivity index (χ0n) is 10.7. The van der Waals surface area contributed by atoms with Crippen molar-refractivity contribution in [3.05, 3.63) is 0 Å². The second-order valence-electron chi connectivity index (χ2n) is 4.08. The molecule has 110 valence electrons. The number of carboxylic acids is 1. The lowest BCUT2D eigenvalue weighted by atomic mass is 10.1. The lowest BCUT2D eigenvalue weighted by Gasteiger charge is -2.12. The van der Waals surface area contributed by atoms with Gasteiger partial charge >= 0.3 is 5.97 Å². The van der Waals surface area contributed by atoms with Gasteiger partial charge in [-0.3, -0.25) is 14.6 Å². The van der Waals surface area contributed by atoms with Gasteiger partial charge in [-0.2, -0.15) is 0 Å². The van der Waals surface area contributed by atoms with Crippen molar-refractivity contribution in [1.29, 1.82) is 0 Å². The van der Waals surface area contributed by atoms with E-state index in [1.54, 1.807) is 0 Å². The van der Waals surface area contributed by atoms with E-state index in [1.807, 2.05) is 0 Å².